The zero-order chi connectivity index (χ0) is 12.3. The summed E-state index contributed by atoms with van der Waals surface area (Å²) >= 11 is 0. The summed E-state index contributed by atoms with van der Waals surface area (Å²) in [6.45, 7) is 6.70. The van der Waals surface area contributed by atoms with Gasteiger partial charge in [-0.25, -0.2) is 0 Å². The summed E-state index contributed by atoms with van der Waals surface area (Å²) in [5.74, 6) is 0.895. The number of methoxy groups -OCH3 is 1. The summed E-state index contributed by atoms with van der Waals surface area (Å²) in [6, 6.07) is 6.08. The molecule has 1 aromatic carbocycles. The fraction of sp³-hybridized carbons (Fsp3) is 0.286. The first-order valence-corrected chi connectivity index (χ1v) is 5.74. The van der Waals surface area contributed by atoms with E-state index in [-0.39, 0.29) is 0 Å². The zero-order valence-corrected chi connectivity index (χ0v) is 10.3. The van der Waals surface area contributed by atoms with Crippen LogP contribution in [0.25, 0.3) is 10.9 Å². The number of H-pyrrole nitrogens is 1. The van der Waals surface area contributed by atoms with E-state index in [1.165, 1.54) is 10.9 Å². The largest absolute Gasteiger partial charge is 0.497 e. The Morgan fingerprint density at radius 3 is 3.00 bits per heavy atom. The van der Waals surface area contributed by atoms with Crippen molar-refractivity contribution >= 4 is 10.9 Å². The predicted molar refractivity (Wildman–Crippen MR) is 71.4 cm³/mol. The minimum atomic E-state index is 0.895. The highest BCUT2D eigenvalue weighted by Crippen LogP contribution is 2.23. The monoisotopic (exact) mass is 230 g/mol. The number of hydrogen-bond acceptors (Lipinski definition) is 2. The van der Waals surface area contributed by atoms with Gasteiger partial charge in [-0.05, 0) is 37.1 Å². The predicted octanol–water partition coefficient (Wildman–Crippen LogP) is 2.84. The van der Waals surface area contributed by atoms with Crippen LogP contribution in [-0.4, -0.2) is 18.6 Å². The number of hydrogen-bond donors (Lipinski definition) is 2. The molecule has 1 heterocycles. The standard InChI is InChI=1S/C14H18N2O/c1-10(2)15-7-6-11-9-16-14-5-4-12(17-3)8-13(11)14/h4-5,8-9,15-16H,1,6-7H2,2-3H3. The van der Waals surface area contributed by atoms with Crippen molar-refractivity contribution in [3.8, 4) is 5.75 Å². The van der Waals surface area contributed by atoms with E-state index in [9.17, 15) is 0 Å². The minimum Gasteiger partial charge on any atom is -0.497 e. The Balaban J connectivity index is 2.19. The maximum Gasteiger partial charge on any atom is 0.119 e. The van der Waals surface area contributed by atoms with Crippen molar-refractivity contribution in [2.24, 2.45) is 0 Å². The van der Waals surface area contributed by atoms with Crippen molar-refractivity contribution in [1.29, 1.82) is 0 Å². The van der Waals surface area contributed by atoms with Crippen LogP contribution < -0.4 is 10.1 Å². The molecule has 0 amide bonds. The van der Waals surface area contributed by atoms with Crippen LogP contribution in [-0.2, 0) is 6.42 Å². The summed E-state index contributed by atoms with van der Waals surface area (Å²) in [5, 5.41) is 4.47. The lowest BCUT2D eigenvalue weighted by molar-refractivity contribution is 0.415. The second kappa shape index (κ2) is 4.95. The molecular weight excluding hydrogens is 212 g/mol. The van der Waals surface area contributed by atoms with Crippen molar-refractivity contribution in [3.05, 3.63) is 42.2 Å². The van der Waals surface area contributed by atoms with Crippen LogP contribution in [0, 0.1) is 0 Å². The normalized spacial score (nSPS) is 10.5. The lowest BCUT2D eigenvalue weighted by Crippen LogP contribution is -2.13. The molecule has 0 radical (unpaired) electrons. The van der Waals surface area contributed by atoms with E-state index < -0.39 is 0 Å². The average Bonchev–Trinajstić information content (AvgIpc) is 2.71. The van der Waals surface area contributed by atoms with Crippen LogP contribution in [0.5, 0.6) is 5.75 Å². The van der Waals surface area contributed by atoms with E-state index in [1.54, 1.807) is 7.11 Å². The van der Waals surface area contributed by atoms with Gasteiger partial charge in [-0.1, -0.05) is 6.58 Å². The Hall–Kier alpha value is -1.90. The lowest BCUT2D eigenvalue weighted by Gasteiger charge is -2.04. The van der Waals surface area contributed by atoms with Gasteiger partial charge in [0.15, 0.2) is 0 Å². The Bertz CT molecular complexity index is 528. The van der Waals surface area contributed by atoms with Gasteiger partial charge in [-0.3, -0.25) is 0 Å². The second-order valence-corrected chi connectivity index (χ2v) is 4.18. The molecular formula is C14H18N2O. The molecule has 0 spiro atoms. The SMILES string of the molecule is C=C(C)NCCc1c[nH]c2ccc(OC)cc12. The van der Waals surface area contributed by atoms with E-state index in [1.807, 2.05) is 19.1 Å². The molecule has 0 bridgehead atoms. The maximum atomic E-state index is 5.25. The third-order valence-electron chi connectivity index (χ3n) is 2.80. The number of allylic oxidation sites excluding steroid dienone is 1. The molecule has 0 fully saturated rings. The van der Waals surface area contributed by atoms with E-state index in [4.69, 9.17) is 4.74 Å². The first-order chi connectivity index (χ1) is 8.20. The van der Waals surface area contributed by atoms with E-state index in [2.05, 4.69) is 29.1 Å². The van der Waals surface area contributed by atoms with Gasteiger partial charge in [0.1, 0.15) is 5.75 Å². The van der Waals surface area contributed by atoms with Crippen LogP contribution in [0.1, 0.15) is 12.5 Å². The molecule has 2 rings (SSSR count). The molecule has 90 valence electrons. The molecule has 0 atom stereocenters. The summed E-state index contributed by atoms with van der Waals surface area (Å²) in [6.07, 6.45) is 3.03. The molecule has 2 N–H and O–H groups in total. The molecule has 17 heavy (non-hydrogen) atoms. The molecule has 0 aliphatic heterocycles. The summed E-state index contributed by atoms with van der Waals surface area (Å²) in [5.41, 5.74) is 3.45. The highest BCUT2D eigenvalue weighted by atomic mass is 16.5. The van der Waals surface area contributed by atoms with E-state index in [0.717, 1.165) is 29.9 Å². The van der Waals surface area contributed by atoms with Crippen molar-refractivity contribution in [3.63, 3.8) is 0 Å². The number of rotatable bonds is 5. The summed E-state index contributed by atoms with van der Waals surface area (Å²) in [7, 11) is 1.69. The smallest absolute Gasteiger partial charge is 0.119 e. The Morgan fingerprint density at radius 2 is 2.29 bits per heavy atom. The number of aromatic nitrogens is 1. The van der Waals surface area contributed by atoms with Gasteiger partial charge >= 0.3 is 0 Å². The molecule has 0 saturated heterocycles. The fourth-order valence-electron chi connectivity index (χ4n) is 1.90. The van der Waals surface area contributed by atoms with Crippen molar-refractivity contribution in [2.75, 3.05) is 13.7 Å². The summed E-state index contributed by atoms with van der Waals surface area (Å²) < 4.78 is 5.25. The van der Waals surface area contributed by atoms with Crippen molar-refractivity contribution < 1.29 is 4.74 Å². The average molecular weight is 230 g/mol. The highest BCUT2D eigenvalue weighted by Gasteiger charge is 2.04. The lowest BCUT2D eigenvalue weighted by atomic mass is 10.1. The van der Waals surface area contributed by atoms with Crippen LogP contribution in [0.2, 0.25) is 0 Å². The first kappa shape index (κ1) is 11.6. The van der Waals surface area contributed by atoms with E-state index >= 15 is 0 Å². The van der Waals surface area contributed by atoms with Gasteiger partial charge in [0.05, 0.1) is 7.11 Å². The molecule has 3 nitrogen and oxygen atoms in total. The van der Waals surface area contributed by atoms with Gasteiger partial charge in [0.25, 0.3) is 0 Å². The molecule has 0 saturated carbocycles. The Kier molecular flexibility index (Phi) is 3.38. The molecule has 0 aliphatic rings. The third-order valence-corrected chi connectivity index (χ3v) is 2.80. The molecule has 2 aromatic rings. The Labute approximate surface area is 101 Å². The van der Waals surface area contributed by atoms with Gasteiger partial charge in [-0.2, -0.15) is 0 Å². The first-order valence-electron chi connectivity index (χ1n) is 5.74. The van der Waals surface area contributed by atoms with Gasteiger partial charge in [0.2, 0.25) is 0 Å². The minimum absolute atomic E-state index is 0.895. The molecule has 0 aliphatic carbocycles. The number of nitrogens with one attached hydrogen (secondary N) is 2. The van der Waals surface area contributed by atoms with Gasteiger partial charge < -0.3 is 15.0 Å². The quantitative estimate of drug-likeness (QED) is 0.828. The zero-order valence-electron chi connectivity index (χ0n) is 10.3. The third kappa shape index (κ3) is 2.61. The number of fused-ring (bicyclic) bond motifs is 1. The van der Waals surface area contributed by atoms with Gasteiger partial charge in [0, 0.05) is 29.3 Å². The number of benzene rings is 1. The number of ether oxygens (including phenoxy) is 1. The maximum absolute atomic E-state index is 5.25. The van der Waals surface area contributed by atoms with Crippen molar-refractivity contribution in [1.82, 2.24) is 10.3 Å². The topological polar surface area (TPSA) is 37.0 Å². The van der Waals surface area contributed by atoms with Crippen LogP contribution in [0.4, 0.5) is 0 Å². The molecule has 0 unspecified atom stereocenters. The Morgan fingerprint density at radius 1 is 1.47 bits per heavy atom. The highest BCUT2D eigenvalue weighted by molar-refractivity contribution is 5.84. The fourth-order valence-corrected chi connectivity index (χ4v) is 1.90. The van der Waals surface area contributed by atoms with Crippen molar-refractivity contribution in [2.45, 2.75) is 13.3 Å². The summed E-state index contributed by atoms with van der Waals surface area (Å²) in [4.78, 5) is 3.27. The second-order valence-electron chi connectivity index (χ2n) is 4.18. The number of aromatic amines is 1. The molecule has 3 heteroatoms. The van der Waals surface area contributed by atoms with Crippen LogP contribution >= 0.6 is 0 Å². The molecule has 1 aromatic heterocycles. The van der Waals surface area contributed by atoms with Crippen LogP contribution in [0.3, 0.4) is 0 Å². The van der Waals surface area contributed by atoms with E-state index in [0.29, 0.717) is 0 Å². The van der Waals surface area contributed by atoms with Crippen LogP contribution in [0.15, 0.2) is 36.7 Å². The van der Waals surface area contributed by atoms with Gasteiger partial charge in [-0.15, -0.1) is 0 Å².